The summed E-state index contributed by atoms with van der Waals surface area (Å²) < 4.78 is 13.5. The van der Waals surface area contributed by atoms with Crippen molar-refractivity contribution in [1.82, 2.24) is 15.5 Å². The first-order valence-corrected chi connectivity index (χ1v) is 8.96. The van der Waals surface area contributed by atoms with Crippen molar-refractivity contribution in [1.29, 1.82) is 0 Å². The van der Waals surface area contributed by atoms with Crippen LogP contribution in [0.1, 0.15) is 5.56 Å². The maximum absolute atomic E-state index is 13.5. The molecule has 1 saturated heterocycles. The van der Waals surface area contributed by atoms with Crippen molar-refractivity contribution in [2.45, 2.75) is 6.54 Å². The Balaban J connectivity index is 1.38. The zero-order valence-corrected chi connectivity index (χ0v) is 15.0. The third kappa shape index (κ3) is 5.20. The van der Waals surface area contributed by atoms with E-state index in [2.05, 4.69) is 27.7 Å². The number of hydrogen-bond donors (Lipinski definition) is 2. The number of halogens is 1. The summed E-state index contributed by atoms with van der Waals surface area (Å²) in [5, 5.41) is 5.23. The number of rotatable bonds is 5. The average molecular weight is 370 g/mol. The molecule has 0 spiro atoms. The minimum absolute atomic E-state index is 0.0944. The average Bonchev–Trinajstić information content (AvgIpc) is 2.72. The number of urea groups is 1. The lowest BCUT2D eigenvalue weighted by Crippen LogP contribution is -2.53. The molecule has 3 rings (SSSR count). The standard InChI is InChI=1S/C20H23FN4O2/c21-18-9-5-4-6-16(18)14-22-19(26)15-23-20(27)25-12-10-24(11-13-25)17-7-2-1-3-8-17/h1-9H,10-15H2,(H,22,26)(H,23,27). The number of nitrogens with zero attached hydrogens (tertiary/aromatic N) is 2. The van der Waals surface area contributed by atoms with Crippen LogP contribution in [0.3, 0.4) is 0 Å². The molecule has 0 bridgehead atoms. The smallest absolute Gasteiger partial charge is 0.317 e. The van der Waals surface area contributed by atoms with E-state index < -0.39 is 0 Å². The van der Waals surface area contributed by atoms with Crippen LogP contribution in [-0.4, -0.2) is 49.6 Å². The molecular weight excluding hydrogens is 347 g/mol. The molecule has 142 valence electrons. The van der Waals surface area contributed by atoms with Crippen LogP contribution in [0.5, 0.6) is 0 Å². The molecule has 6 nitrogen and oxygen atoms in total. The summed E-state index contributed by atoms with van der Waals surface area (Å²) in [6.07, 6.45) is 0. The molecule has 1 aliphatic heterocycles. The van der Waals surface area contributed by atoms with Gasteiger partial charge in [-0.1, -0.05) is 36.4 Å². The molecule has 1 aliphatic rings. The highest BCUT2D eigenvalue weighted by molar-refractivity contribution is 5.84. The van der Waals surface area contributed by atoms with Gasteiger partial charge in [0, 0.05) is 44.0 Å². The number of amides is 3. The Hall–Kier alpha value is -3.09. The van der Waals surface area contributed by atoms with Crippen LogP contribution in [0.2, 0.25) is 0 Å². The van der Waals surface area contributed by atoms with Gasteiger partial charge in [0.1, 0.15) is 5.82 Å². The van der Waals surface area contributed by atoms with E-state index in [-0.39, 0.29) is 30.8 Å². The van der Waals surface area contributed by atoms with Gasteiger partial charge in [-0.15, -0.1) is 0 Å². The molecule has 1 heterocycles. The van der Waals surface area contributed by atoms with Crippen molar-refractivity contribution < 1.29 is 14.0 Å². The van der Waals surface area contributed by atoms with Gasteiger partial charge < -0.3 is 20.4 Å². The van der Waals surface area contributed by atoms with E-state index in [4.69, 9.17) is 0 Å². The van der Waals surface area contributed by atoms with Gasteiger partial charge in [0.25, 0.3) is 0 Å². The van der Waals surface area contributed by atoms with Crippen molar-refractivity contribution in [2.24, 2.45) is 0 Å². The number of para-hydroxylation sites is 1. The van der Waals surface area contributed by atoms with Crippen molar-refractivity contribution in [3.05, 3.63) is 66.0 Å². The number of carbonyl (C=O) groups is 2. The second kappa shape index (κ2) is 9.02. The van der Waals surface area contributed by atoms with Crippen molar-refractivity contribution in [2.75, 3.05) is 37.6 Å². The van der Waals surface area contributed by atoms with E-state index in [1.807, 2.05) is 18.2 Å². The maximum atomic E-state index is 13.5. The Kier molecular flexibility index (Phi) is 6.25. The molecule has 2 aromatic carbocycles. The molecule has 7 heteroatoms. The first-order valence-electron chi connectivity index (χ1n) is 8.96. The summed E-state index contributed by atoms with van der Waals surface area (Å²) in [6, 6.07) is 16.1. The van der Waals surface area contributed by atoms with Gasteiger partial charge in [0.05, 0.1) is 6.54 Å². The molecule has 2 aromatic rings. The predicted octanol–water partition coefficient (Wildman–Crippen LogP) is 1.97. The summed E-state index contributed by atoms with van der Waals surface area (Å²) in [6.45, 7) is 2.65. The largest absolute Gasteiger partial charge is 0.368 e. The minimum atomic E-state index is -0.363. The van der Waals surface area contributed by atoms with Crippen LogP contribution in [0.4, 0.5) is 14.9 Å². The van der Waals surface area contributed by atoms with Crippen LogP contribution < -0.4 is 15.5 Å². The fraction of sp³-hybridized carbons (Fsp3) is 0.300. The van der Waals surface area contributed by atoms with Gasteiger partial charge in [0.15, 0.2) is 0 Å². The lowest BCUT2D eigenvalue weighted by atomic mass is 10.2. The maximum Gasteiger partial charge on any atom is 0.317 e. The zero-order chi connectivity index (χ0) is 19.1. The van der Waals surface area contributed by atoms with Crippen molar-refractivity contribution in [3.8, 4) is 0 Å². The topological polar surface area (TPSA) is 64.7 Å². The van der Waals surface area contributed by atoms with Crippen molar-refractivity contribution in [3.63, 3.8) is 0 Å². The van der Waals surface area contributed by atoms with E-state index in [0.29, 0.717) is 18.7 Å². The highest BCUT2D eigenvalue weighted by Crippen LogP contribution is 2.15. The van der Waals surface area contributed by atoms with Crippen molar-refractivity contribution >= 4 is 17.6 Å². The van der Waals surface area contributed by atoms with Crippen LogP contribution in [-0.2, 0) is 11.3 Å². The van der Waals surface area contributed by atoms with Crippen LogP contribution in [0.25, 0.3) is 0 Å². The molecular formula is C20H23FN4O2. The minimum Gasteiger partial charge on any atom is -0.368 e. The number of benzene rings is 2. The van der Waals surface area contributed by atoms with Crippen LogP contribution in [0, 0.1) is 5.82 Å². The molecule has 0 saturated carbocycles. The molecule has 0 radical (unpaired) electrons. The van der Waals surface area contributed by atoms with Gasteiger partial charge in [-0.2, -0.15) is 0 Å². The van der Waals surface area contributed by atoms with E-state index in [0.717, 1.165) is 18.8 Å². The Morgan fingerprint density at radius 1 is 0.889 bits per heavy atom. The first kappa shape index (κ1) is 18.7. The lowest BCUT2D eigenvalue weighted by molar-refractivity contribution is -0.120. The summed E-state index contributed by atoms with van der Waals surface area (Å²) in [5.41, 5.74) is 1.55. The van der Waals surface area contributed by atoms with E-state index in [1.165, 1.54) is 6.07 Å². The molecule has 3 amide bonds. The van der Waals surface area contributed by atoms with E-state index >= 15 is 0 Å². The Labute approximate surface area is 158 Å². The Bertz CT molecular complexity index is 777. The van der Waals surface area contributed by atoms with E-state index in [9.17, 15) is 14.0 Å². The summed E-state index contributed by atoms with van der Waals surface area (Å²) in [4.78, 5) is 28.0. The van der Waals surface area contributed by atoms with Crippen LogP contribution in [0.15, 0.2) is 54.6 Å². The van der Waals surface area contributed by atoms with Gasteiger partial charge >= 0.3 is 6.03 Å². The quantitative estimate of drug-likeness (QED) is 0.846. The third-order valence-electron chi connectivity index (χ3n) is 4.52. The number of hydrogen-bond acceptors (Lipinski definition) is 3. The number of piperazine rings is 1. The molecule has 0 atom stereocenters. The SMILES string of the molecule is O=C(CNC(=O)N1CCN(c2ccccc2)CC1)NCc1ccccc1F. The molecule has 0 aliphatic carbocycles. The predicted molar refractivity (Wildman–Crippen MR) is 102 cm³/mol. The Morgan fingerprint density at radius 2 is 1.56 bits per heavy atom. The van der Waals surface area contributed by atoms with E-state index in [1.54, 1.807) is 23.1 Å². The number of nitrogens with one attached hydrogen (secondary N) is 2. The first-order chi connectivity index (χ1) is 13.1. The second-order valence-electron chi connectivity index (χ2n) is 6.34. The molecule has 2 N–H and O–H groups in total. The Morgan fingerprint density at radius 3 is 2.26 bits per heavy atom. The lowest BCUT2D eigenvalue weighted by Gasteiger charge is -2.36. The van der Waals surface area contributed by atoms with Gasteiger partial charge in [-0.3, -0.25) is 4.79 Å². The number of carbonyl (C=O) groups excluding carboxylic acids is 2. The molecule has 1 fully saturated rings. The summed E-state index contributed by atoms with van der Waals surface area (Å²) in [7, 11) is 0. The fourth-order valence-corrected chi connectivity index (χ4v) is 2.97. The summed E-state index contributed by atoms with van der Waals surface area (Å²) >= 11 is 0. The van der Waals surface area contributed by atoms with Crippen LogP contribution >= 0.6 is 0 Å². The summed E-state index contributed by atoms with van der Waals surface area (Å²) in [5.74, 6) is -0.715. The third-order valence-corrected chi connectivity index (χ3v) is 4.52. The van der Waals surface area contributed by atoms with Gasteiger partial charge in [0.2, 0.25) is 5.91 Å². The fourth-order valence-electron chi connectivity index (χ4n) is 2.97. The zero-order valence-electron chi connectivity index (χ0n) is 15.0. The van der Waals surface area contributed by atoms with Gasteiger partial charge in [-0.05, 0) is 18.2 Å². The van der Waals surface area contributed by atoms with Gasteiger partial charge in [-0.25, -0.2) is 9.18 Å². The molecule has 27 heavy (non-hydrogen) atoms. The molecule has 0 unspecified atom stereocenters. The monoisotopic (exact) mass is 370 g/mol. The number of anilines is 1. The molecule has 0 aromatic heterocycles. The highest BCUT2D eigenvalue weighted by Gasteiger charge is 2.21. The highest BCUT2D eigenvalue weighted by atomic mass is 19.1. The normalized spacial score (nSPS) is 14.0. The second-order valence-corrected chi connectivity index (χ2v) is 6.34.